The summed E-state index contributed by atoms with van der Waals surface area (Å²) in [6.07, 6.45) is 26.6. The Kier molecular flexibility index (Phi) is 13.5. The van der Waals surface area contributed by atoms with Gasteiger partial charge in [0.25, 0.3) is 0 Å². The fourth-order valence-electron chi connectivity index (χ4n) is 5.46. The Labute approximate surface area is 263 Å². The van der Waals surface area contributed by atoms with E-state index in [1.165, 1.54) is 84.8 Å². The topological polar surface area (TPSA) is 0 Å². The van der Waals surface area contributed by atoms with E-state index in [4.69, 9.17) is 0 Å². The third-order valence-corrected chi connectivity index (χ3v) is 9.03. The molecule has 0 saturated carbocycles. The summed E-state index contributed by atoms with van der Waals surface area (Å²) in [5.41, 5.74) is 14.6. The number of rotatable bonds is 0. The second kappa shape index (κ2) is 14.8. The molecule has 6 aliphatic rings. The van der Waals surface area contributed by atoms with Crippen LogP contribution in [0.3, 0.4) is 0 Å². The van der Waals surface area contributed by atoms with Crippen molar-refractivity contribution in [2.24, 2.45) is 0 Å². The molecule has 2 unspecified atom stereocenters. The van der Waals surface area contributed by atoms with Crippen LogP contribution in [0.15, 0.2) is 80.0 Å². The van der Waals surface area contributed by atoms with E-state index in [0.717, 1.165) is 0 Å². The standard InChI is InChI=1S/2C14H14Br.C2H6Si.2ClH.Zr/c2*1-9-6-11-8-10-4-2-3-5-12(10)14(15)13(11)7-9;1-3-2;;;/h2*7-8,14H,2-5H2,1H3;1-2H3;2*1H;/q2*-1;;;;+2/p-2. The first-order chi connectivity index (χ1) is 16.2. The molecule has 0 saturated heterocycles. The fourth-order valence-corrected chi connectivity index (χ4v) is 7.26. The van der Waals surface area contributed by atoms with Gasteiger partial charge in [-0.05, 0) is 51.4 Å². The van der Waals surface area contributed by atoms with Crippen LogP contribution in [0.1, 0.15) is 65.2 Å². The maximum absolute atomic E-state index is 3.84. The number of halogens is 4. The maximum atomic E-state index is 3.84. The van der Waals surface area contributed by atoms with Crippen molar-refractivity contribution in [3.63, 3.8) is 0 Å². The van der Waals surface area contributed by atoms with E-state index in [0.29, 0.717) is 9.65 Å². The maximum Gasteiger partial charge on any atom is -1.00 e. The largest absolute Gasteiger partial charge is 1.00 e. The third-order valence-electron chi connectivity index (χ3n) is 6.93. The van der Waals surface area contributed by atoms with Crippen LogP contribution in [0.25, 0.3) is 0 Å². The molecule has 0 heterocycles. The van der Waals surface area contributed by atoms with Crippen molar-refractivity contribution in [2.75, 3.05) is 0 Å². The number of hydrogen-bond acceptors (Lipinski definition) is 0. The Bertz CT molecular complexity index is 1060. The van der Waals surface area contributed by atoms with Gasteiger partial charge in [0.05, 0.1) is 0 Å². The van der Waals surface area contributed by atoms with Gasteiger partial charge in [-0.3, -0.25) is 0 Å². The molecule has 0 bridgehead atoms. The number of allylic oxidation sites excluding steroid dienone is 16. The Morgan fingerprint density at radius 3 is 1.39 bits per heavy atom. The van der Waals surface area contributed by atoms with Crippen LogP contribution >= 0.6 is 31.9 Å². The molecule has 0 fully saturated rings. The summed E-state index contributed by atoms with van der Waals surface area (Å²) in [6.45, 7) is 8.88. The van der Waals surface area contributed by atoms with Gasteiger partial charge < -0.3 is 24.8 Å². The van der Waals surface area contributed by atoms with Crippen molar-refractivity contribution in [3.8, 4) is 0 Å². The van der Waals surface area contributed by atoms with Gasteiger partial charge in [0.2, 0.25) is 0 Å². The summed E-state index contributed by atoms with van der Waals surface area (Å²) in [5.74, 6) is 0. The molecule has 0 spiro atoms. The normalized spacial score (nSPS) is 25.1. The predicted octanol–water partition coefficient (Wildman–Crippen LogP) is 3.29. The monoisotopic (exact) mass is 740 g/mol. The third kappa shape index (κ3) is 7.82. The smallest absolute Gasteiger partial charge is 1.00 e. The first-order valence-corrected chi connectivity index (χ1v) is 20.6. The minimum atomic E-state index is 0. The minimum Gasteiger partial charge on any atom is -1.00 e. The molecule has 0 aliphatic heterocycles. The number of hydrogen-bond donors (Lipinski definition) is 0. The molecule has 0 aromatic carbocycles. The molecular weight excluding hydrogens is 710 g/mol. The van der Waals surface area contributed by atoms with Crippen molar-refractivity contribution in [1.29, 1.82) is 0 Å². The molecule has 36 heavy (non-hydrogen) atoms. The fraction of sp³-hybridized carbons (Fsp3) is 0.467. The molecule has 192 valence electrons. The number of alkyl halides is 2. The predicted molar refractivity (Wildman–Crippen MR) is 151 cm³/mol. The van der Waals surface area contributed by atoms with Gasteiger partial charge in [-0.25, -0.2) is 0 Å². The zero-order valence-electron chi connectivity index (χ0n) is 21.6. The molecule has 6 heteroatoms. The average molecular weight is 745 g/mol. The molecule has 6 rings (SSSR count). The van der Waals surface area contributed by atoms with E-state index in [9.17, 15) is 0 Å². The first-order valence-electron chi connectivity index (χ1n) is 12.6. The zero-order chi connectivity index (χ0) is 24.4. The molecule has 0 radical (unpaired) electrons. The van der Waals surface area contributed by atoms with Crippen molar-refractivity contribution in [1.82, 2.24) is 0 Å². The van der Waals surface area contributed by atoms with Gasteiger partial charge in [-0.1, -0.05) is 68.0 Å². The van der Waals surface area contributed by atoms with Crippen LogP contribution < -0.4 is 24.8 Å². The first kappa shape index (κ1) is 32.8. The van der Waals surface area contributed by atoms with Crippen LogP contribution in [0.4, 0.5) is 0 Å². The molecule has 0 N–H and O–H groups in total. The van der Waals surface area contributed by atoms with E-state index in [1.807, 2.05) is 0 Å². The van der Waals surface area contributed by atoms with E-state index in [1.54, 1.807) is 45.6 Å². The second-order valence-corrected chi connectivity index (χ2v) is 21.4. The van der Waals surface area contributed by atoms with E-state index >= 15 is 0 Å². The summed E-state index contributed by atoms with van der Waals surface area (Å²) in [7, 11) is 0. The van der Waals surface area contributed by atoms with Crippen LogP contribution in [0, 0.1) is 12.2 Å². The molecule has 0 amide bonds. The van der Waals surface area contributed by atoms with Gasteiger partial charge in [-0.2, -0.15) is 23.3 Å². The van der Waals surface area contributed by atoms with Crippen molar-refractivity contribution >= 4 is 37.3 Å². The summed E-state index contributed by atoms with van der Waals surface area (Å²) in [4.78, 5) is 0.912. The Balaban J connectivity index is 0.000000211. The zero-order valence-corrected chi connectivity index (χ0v) is 29.8. The van der Waals surface area contributed by atoms with Gasteiger partial charge in [0.15, 0.2) is 0 Å². The Morgan fingerprint density at radius 2 is 1.03 bits per heavy atom. The summed E-state index contributed by atoms with van der Waals surface area (Å²) >= 11 is 9.43. The van der Waals surface area contributed by atoms with Crippen LogP contribution in [-0.2, 0) is 23.3 Å². The summed E-state index contributed by atoms with van der Waals surface area (Å²) < 4.78 is 0. The molecule has 6 aliphatic carbocycles. The van der Waals surface area contributed by atoms with Crippen LogP contribution in [0.2, 0.25) is 13.1 Å². The molecule has 2 atom stereocenters. The van der Waals surface area contributed by atoms with Crippen LogP contribution in [0.5, 0.6) is 0 Å². The van der Waals surface area contributed by atoms with E-state index in [-0.39, 0.29) is 30.2 Å². The quantitative estimate of drug-likeness (QED) is 0.203. The molecule has 0 aromatic heterocycles. The summed E-state index contributed by atoms with van der Waals surface area (Å²) in [6, 6.07) is 0. The SMILES string of the molecule is CC1=[C-]C2=CC3=C(CCCC3)C(Br)C2=C1.CC1=[C-]C2=CC3=C(CCCC3)C(Br)C2=C1.C[Si](C)=[Zr+2].[Cl-].[Cl-]. The second-order valence-electron chi connectivity index (χ2n) is 10.2. The van der Waals surface area contributed by atoms with Gasteiger partial charge in [0, 0.05) is 9.65 Å². The molecular formula is C30H34Br2Cl2SiZr-2. The average Bonchev–Trinajstić information content (AvgIpc) is 3.36. The summed E-state index contributed by atoms with van der Waals surface area (Å²) in [5, 5.41) is 0. The minimum absolute atomic E-state index is 0. The van der Waals surface area contributed by atoms with Crippen LogP contribution in [-0.4, -0.2) is 15.1 Å². The van der Waals surface area contributed by atoms with E-state index in [2.05, 4.69) is 95.3 Å². The molecule has 0 aromatic rings. The number of fused-ring (bicyclic) bond motifs is 2. The van der Waals surface area contributed by atoms with Crippen molar-refractivity contribution < 1.29 is 48.1 Å². The van der Waals surface area contributed by atoms with E-state index < -0.39 is 0 Å². The van der Waals surface area contributed by atoms with Crippen molar-refractivity contribution in [3.05, 3.63) is 92.2 Å². The Hall–Kier alpha value is 0.560. The van der Waals surface area contributed by atoms with Crippen molar-refractivity contribution in [2.45, 2.75) is 88.0 Å². The van der Waals surface area contributed by atoms with Gasteiger partial charge >= 0.3 is 41.9 Å². The van der Waals surface area contributed by atoms with Gasteiger partial charge in [0.1, 0.15) is 0 Å². The molecule has 0 nitrogen and oxygen atoms in total. The van der Waals surface area contributed by atoms with Gasteiger partial charge in [-0.15, -0.1) is 46.6 Å². The Morgan fingerprint density at radius 1 is 0.694 bits per heavy atom.